The molecule has 0 bridgehead atoms. The number of amides is 2. The molecule has 0 aliphatic heterocycles. The average molecular weight is 399 g/mol. The Morgan fingerprint density at radius 3 is 2.41 bits per heavy atom. The Morgan fingerprint density at radius 2 is 1.76 bits per heavy atom. The third kappa shape index (κ3) is 7.22. The van der Waals surface area contributed by atoms with E-state index in [4.69, 9.17) is 10.00 Å². The van der Waals surface area contributed by atoms with Crippen molar-refractivity contribution in [2.24, 2.45) is 0 Å². The minimum Gasteiger partial charge on any atom is -0.452 e. The van der Waals surface area contributed by atoms with E-state index in [2.05, 4.69) is 10.6 Å². The number of esters is 1. The van der Waals surface area contributed by atoms with Crippen molar-refractivity contribution < 1.29 is 27.9 Å². The SMILES string of the molecule is N#Cc1ccc(/C=C/C(=O)OCC(=O)NCC(=O)Nc2ccc(F)c(F)c2)cc1. The first-order valence-corrected chi connectivity index (χ1v) is 8.24. The summed E-state index contributed by atoms with van der Waals surface area (Å²) >= 11 is 0. The molecular weight excluding hydrogens is 384 g/mol. The van der Waals surface area contributed by atoms with E-state index in [9.17, 15) is 23.2 Å². The summed E-state index contributed by atoms with van der Waals surface area (Å²) in [6.07, 6.45) is 2.57. The first kappa shape index (κ1) is 21.2. The standard InChI is InChI=1S/C20H15F2N3O4/c21-16-7-6-15(9-17(16)22)25-18(26)11-24-19(27)12-29-20(28)8-5-13-1-3-14(10-23)4-2-13/h1-9H,11-12H2,(H,24,27)(H,25,26)/b8-5+. The van der Waals surface area contributed by atoms with Crippen LogP contribution >= 0.6 is 0 Å². The van der Waals surface area contributed by atoms with Crippen LogP contribution in [0, 0.1) is 23.0 Å². The highest BCUT2D eigenvalue weighted by Gasteiger charge is 2.09. The van der Waals surface area contributed by atoms with Crippen LogP contribution in [-0.4, -0.2) is 30.9 Å². The van der Waals surface area contributed by atoms with Gasteiger partial charge in [-0.3, -0.25) is 9.59 Å². The normalized spacial score (nSPS) is 10.2. The fourth-order valence-electron chi connectivity index (χ4n) is 2.03. The number of nitrogens with zero attached hydrogens (tertiary/aromatic N) is 1. The van der Waals surface area contributed by atoms with Gasteiger partial charge >= 0.3 is 5.97 Å². The van der Waals surface area contributed by atoms with Gasteiger partial charge in [-0.2, -0.15) is 5.26 Å². The van der Waals surface area contributed by atoms with Crippen LogP contribution in [0.5, 0.6) is 0 Å². The zero-order valence-electron chi connectivity index (χ0n) is 14.9. The number of hydrogen-bond donors (Lipinski definition) is 2. The molecule has 0 aliphatic rings. The lowest BCUT2D eigenvalue weighted by Gasteiger charge is -2.07. The van der Waals surface area contributed by atoms with Gasteiger partial charge in [0.25, 0.3) is 5.91 Å². The number of ether oxygens (including phenoxy) is 1. The van der Waals surface area contributed by atoms with E-state index in [0.29, 0.717) is 11.1 Å². The summed E-state index contributed by atoms with van der Waals surface area (Å²) in [5, 5.41) is 13.2. The first-order chi connectivity index (χ1) is 13.9. The molecule has 2 amide bonds. The Hall–Kier alpha value is -4.06. The number of carbonyl (C=O) groups excluding carboxylic acids is 3. The minimum atomic E-state index is -1.12. The number of benzene rings is 2. The third-order valence-electron chi connectivity index (χ3n) is 3.45. The summed E-state index contributed by atoms with van der Waals surface area (Å²) in [4.78, 5) is 34.9. The Bertz CT molecular complexity index is 982. The van der Waals surface area contributed by atoms with Gasteiger partial charge in [0.15, 0.2) is 18.2 Å². The molecule has 2 aromatic rings. The van der Waals surface area contributed by atoms with Crippen LogP contribution in [0.2, 0.25) is 0 Å². The Balaban J connectivity index is 1.70. The van der Waals surface area contributed by atoms with Gasteiger partial charge in [0, 0.05) is 17.8 Å². The second-order valence-electron chi connectivity index (χ2n) is 5.63. The highest BCUT2D eigenvalue weighted by atomic mass is 19.2. The number of nitrogens with one attached hydrogen (secondary N) is 2. The summed E-state index contributed by atoms with van der Waals surface area (Å²) in [5.74, 6) is -4.32. The van der Waals surface area contributed by atoms with E-state index in [1.54, 1.807) is 24.3 Å². The third-order valence-corrected chi connectivity index (χ3v) is 3.45. The fraction of sp³-hybridized carbons (Fsp3) is 0.100. The van der Waals surface area contributed by atoms with Crippen molar-refractivity contribution in [1.82, 2.24) is 5.32 Å². The molecule has 29 heavy (non-hydrogen) atoms. The molecule has 0 aromatic heterocycles. The van der Waals surface area contributed by atoms with Crippen molar-refractivity contribution in [3.05, 3.63) is 71.3 Å². The number of anilines is 1. The highest BCUT2D eigenvalue weighted by molar-refractivity contribution is 5.95. The predicted octanol–water partition coefficient (Wildman–Crippen LogP) is 2.15. The van der Waals surface area contributed by atoms with Crippen molar-refractivity contribution in [3.8, 4) is 6.07 Å². The maximum atomic E-state index is 13.1. The maximum Gasteiger partial charge on any atom is 0.331 e. The molecule has 9 heteroatoms. The van der Waals surface area contributed by atoms with Crippen LogP contribution in [-0.2, 0) is 19.1 Å². The lowest BCUT2D eigenvalue weighted by molar-refractivity contribution is -0.143. The molecule has 0 atom stereocenters. The van der Waals surface area contributed by atoms with Gasteiger partial charge in [-0.15, -0.1) is 0 Å². The molecule has 0 heterocycles. The summed E-state index contributed by atoms with van der Waals surface area (Å²) < 4.78 is 30.6. The van der Waals surface area contributed by atoms with Crippen LogP contribution < -0.4 is 10.6 Å². The van der Waals surface area contributed by atoms with E-state index in [0.717, 1.165) is 18.2 Å². The molecule has 0 saturated heterocycles. The minimum absolute atomic E-state index is 0.0301. The number of halogens is 2. The second kappa shape index (κ2) is 10.3. The zero-order valence-corrected chi connectivity index (χ0v) is 14.9. The van der Waals surface area contributed by atoms with Gasteiger partial charge in [0.1, 0.15) is 0 Å². The molecule has 0 aliphatic carbocycles. The van der Waals surface area contributed by atoms with Crippen LogP contribution in [0.25, 0.3) is 6.08 Å². The maximum absolute atomic E-state index is 13.1. The lowest BCUT2D eigenvalue weighted by atomic mass is 10.1. The van der Waals surface area contributed by atoms with E-state index in [1.807, 2.05) is 6.07 Å². The molecule has 148 valence electrons. The van der Waals surface area contributed by atoms with Crippen molar-refractivity contribution in [2.75, 3.05) is 18.5 Å². The molecule has 2 aromatic carbocycles. The summed E-state index contributed by atoms with van der Waals surface area (Å²) in [6, 6.07) is 11.2. The summed E-state index contributed by atoms with van der Waals surface area (Å²) in [6.45, 7) is -1.05. The molecule has 0 unspecified atom stereocenters. The molecule has 2 rings (SSSR count). The average Bonchev–Trinajstić information content (AvgIpc) is 2.72. The number of hydrogen-bond acceptors (Lipinski definition) is 5. The number of carbonyl (C=O) groups is 3. The van der Waals surface area contributed by atoms with Crippen molar-refractivity contribution >= 4 is 29.5 Å². The predicted molar refractivity (Wildman–Crippen MR) is 99.1 cm³/mol. The lowest BCUT2D eigenvalue weighted by Crippen LogP contribution is -2.35. The van der Waals surface area contributed by atoms with Gasteiger partial charge < -0.3 is 15.4 Å². The van der Waals surface area contributed by atoms with Crippen molar-refractivity contribution in [1.29, 1.82) is 5.26 Å². The molecule has 0 radical (unpaired) electrons. The van der Waals surface area contributed by atoms with Gasteiger partial charge in [-0.25, -0.2) is 13.6 Å². The highest BCUT2D eigenvalue weighted by Crippen LogP contribution is 2.12. The fourth-order valence-corrected chi connectivity index (χ4v) is 2.03. The van der Waals surface area contributed by atoms with Crippen molar-refractivity contribution in [2.45, 2.75) is 0 Å². The smallest absolute Gasteiger partial charge is 0.331 e. The van der Waals surface area contributed by atoms with Crippen LogP contribution in [0.1, 0.15) is 11.1 Å². The van der Waals surface area contributed by atoms with Crippen molar-refractivity contribution in [3.63, 3.8) is 0 Å². The molecule has 0 spiro atoms. The topological polar surface area (TPSA) is 108 Å². The molecule has 2 N–H and O–H groups in total. The van der Waals surface area contributed by atoms with Gasteiger partial charge in [0.2, 0.25) is 5.91 Å². The monoisotopic (exact) mass is 399 g/mol. The van der Waals surface area contributed by atoms with E-state index in [1.165, 1.54) is 12.1 Å². The molecular formula is C20H15F2N3O4. The van der Waals surface area contributed by atoms with Crippen LogP contribution in [0.15, 0.2) is 48.5 Å². The van der Waals surface area contributed by atoms with Gasteiger partial charge in [-0.1, -0.05) is 12.1 Å². The number of rotatable bonds is 7. The Labute approximate surface area is 164 Å². The Morgan fingerprint density at radius 1 is 1.03 bits per heavy atom. The van der Waals surface area contributed by atoms with Crippen LogP contribution in [0.4, 0.5) is 14.5 Å². The Kier molecular flexibility index (Phi) is 7.56. The largest absolute Gasteiger partial charge is 0.452 e. The van der Waals surface area contributed by atoms with Gasteiger partial charge in [0.05, 0.1) is 18.2 Å². The van der Waals surface area contributed by atoms with Gasteiger partial charge in [-0.05, 0) is 35.9 Å². The van der Waals surface area contributed by atoms with E-state index >= 15 is 0 Å². The second-order valence-corrected chi connectivity index (χ2v) is 5.63. The molecule has 7 nitrogen and oxygen atoms in total. The zero-order chi connectivity index (χ0) is 21.2. The number of nitriles is 1. The molecule has 0 saturated carbocycles. The first-order valence-electron chi connectivity index (χ1n) is 8.24. The van der Waals surface area contributed by atoms with E-state index < -0.39 is 42.6 Å². The molecule has 0 fully saturated rings. The van der Waals surface area contributed by atoms with Crippen LogP contribution in [0.3, 0.4) is 0 Å². The van der Waals surface area contributed by atoms with E-state index in [-0.39, 0.29) is 5.69 Å². The quantitative estimate of drug-likeness (QED) is 0.548. The summed E-state index contributed by atoms with van der Waals surface area (Å²) in [5.41, 5.74) is 1.18. The summed E-state index contributed by atoms with van der Waals surface area (Å²) in [7, 11) is 0.